The van der Waals surface area contributed by atoms with Crippen LogP contribution in [0.3, 0.4) is 0 Å². The van der Waals surface area contributed by atoms with Crippen molar-refractivity contribution in [2.24, 2.45) is 0 Å². The van der Waals surface area contributed by atoms with E-state index in [1.807, 2.05) is 6.07 Å². The summed E-state index contributed by atoms with van der Waals surface area (Å²) in [5.74, 6) is 0.269. The zero-order valence-corrected chi connectivity index (χ0v) is 28.3. The molecule has 0 aliphatic carbocycles. The van der Waals surface area contributed by atoms with Gasteiger partial charge in [0, 0.05) is 0 Å². The van der Waals surface area contributed by atoms with Crippen LogP contribution in [-0.4, -0.2) is 67.7 Å². The fourth-order valence-electron chi connectivity index (χ4n) is 3.80. The molecule has 2 N–H and O–H groups in total. The van der Waals surface area contributed by atoms with E-state index in [-0.39, 0.29) is 35.5 Å². The highest BCUT2D eigenvalue weighted by Gasteiger charge is 2.54. The van der Waals surface area contributed by atoms with Gasteiger partial charge in [-0.25, -0.2) is 15.0 Å². The van der Waals surface area contributed by atoms with Crippen molar-refractivity contribution < 1.29 is 27.2 Å². The zero-order chi connectivity index (χ0) is 30.1. The molecule has 0 amide bonds. The summed E-state index contributed by atoms with van der Waals surface area (Å²) in [6, 6.07) is 1.96. The molecular formula is C25H45N6O6PSi2. The molecule has 1 aliphatic rings. The van der Waals surface area contributed by atoms with Gasteiger partial charge in [-0.15, -0.1) is 0 Å². The second kappa shape index (κ2) is 12.3. The third-order valence-electron chi connectivity index (χ3n) is 8.22. The van der Waals surface area contributed by atoms with Crippen molar-refractivity contribution in [1.29, 1.82) is 5.26 Å². The van der Waals surface area contributed by atoms with E-state index < -0.39 is 49.4 Å². The van der Waals surface area contributed by atoms with Gasteiger partial charge in [-0.05, 0) is 36.3 Å². The molecule has 5 unspecified atom stereocenters. The lowest BCUT2D eigenvalue weighted by Gasteiger charge is -2.44. The molecule has 0 radical (unpaired) electrons. The van der Waals surface area contributed by atoms with E-state index >= 15 is 0 Å². The summed E-state index contributed by atoms with van der Waals surface area (Å²) in [6.45, 7) is 21.8. The summed E-state index contributed by atoms with van der Waals surface area (Å²) in [4.78, 5) is 13.0. The van der Waals surface area contributed by atoms with E-state index in [2.05, 4.69) is 82.7 Å². The molecule has 224 valence electrons. The summed E-state index contributed by atoms with van der Waals surface area (Å²) < 4.78 is 45.8. The van der Waals surface area contributed by atoms with Crippen LogP contribution in [0.5, 0.6) is 0 Å². The van der Waals surface area contributed by atoms with Gasteiger partial charge in [0.1, 0.15) is 30.2 Å². The van der Waals surface area contributed by atoms with Gasteiger partial charge in [0.2, 0.25) is 0 Å². The first-order chi connectivity index (χ1) is 18.4. The van der Waals surface area contributed by atoms with Crippen LogP contribution in [0.2, 0.25) is 36.3 Å². The second-order valence-electron chi connectivity index (χ2n) is 13.2. The third kappa shape index (κ3) is 7.19. The Morgan fingerprint density at radius 1 is 1.02 bits per heavy atom. The van der Waals surface area contributed by atoms with E-state index in [0.29, 0.717) is 11.2 Å². The van der Waals surface area contributed by atoms with Gasteiger partial charge in [0.25, 0.3) is 0 Å². The fourth-order valence-corrected chi connectivity index (χ4v) is 7.05. The average molecular weight is 613 g/mol. The van der Waals surface area contributed by atoms with Crippen molar-refractivity contribution in [2.75, 3.05) is 18.9 Å². The van der Waals surface area contributed by atoms with Crippen LogP contribution in [0.15, 0.2) is 12.7 Å². The number of nitrogen functional groups attached to an aromatic ring is 1. The minimum absolute atomic E-state index is 0.0333. The number of rotatable bonds is 11. The number of nitrogens with zero attached hydrogens (tertiary/aromatic N) is 5. The van der Waals surface area contributed by atoms with Crippen molar-refractivity contribution in [3.05, 3.63) is 12.7 Å². The molecule has 0 bridgehead atoms. The predicted molar refractivity (Wildman–Crippen MR) is 159 cm³/mol. The number of fused-ring (bicyclic) bond motifs is 1. The van der Waals surface area contributed by atoms with Gasteiger partial charge < -0.3 is 28.4 Å². The first-order valence-electron chi connectivity index (χ1n) is 13.5. The number of imidazole rings is 1. The monoisotopic (exact) mass is 612 g/mol. The molecule has 1 fully saturated rings. The van der Waals surface area contributed by atoms with E-state index in [1.165, 1.54) is 6.33 Å². The highest BCUT2D eigenvalue weighted by molar-refractivity contribution is 7.33. The molecule has 0 saturated carbocycles. The Morgan fingerprint density at radius 2 is 1.62 bits per heavy atom. The lowest BCUT2D eigenvalue weighted by molar-refractivity contribution is -0.0460. The van der Waals surface area contributed by atoms with Gasteiger partial charge >= 0.3 is 8.25 Å². The molecule has 3 rings (SSSR count). The van der Waals surface area contributed by atoms with Crippen molar-refractivity contribution in [1.82, 2.24) is 19.5 Å². The Balaban J connectivity index is 2.06. The molecule has 2 aromatic heterocycles. The molecule has 0 aromatic carbocycles. The van der Waals surface area contributed by atoms with Gasteiger partial charge in [-0.1, -0.05) is 41.5 Å². The predicted octanol–water partition coefficient (Wildman–Crippen LogP) is 5.42. The van der Waals surface area contributed by atoms with Crippen molar-refractivity contribution >= 4 is 41.9 Å². The standard InChI is InChI=1S/C25H45N6O6PSi2/c1-24(2,3)39(7,8)36-19-17(14-34-38(32)33-13-11-12-26)35-23(20(19)37-40(9,10)25(4,5)6)31-16-30-18-21(27)28-15-29-22(18)31/h15-17,19-20,23,38H,11,13-14H2,1-10H3,(H2,27,28,29). The van der Waals surface area contributed by atoms with Crippen LogP contribution < -0.4 is 5.73 Å². The molecule has 0 spiro atoms. The Kier molecular flexibility index (Phi) is 10.1. The largest absolute Gasteiger partial charge is 0.408 e. The summed E-state index contributed by atoms with van der Waals surface area (Å²) in [6.07, 6.45) is 0.772. The lowest BCUT2D eigenvalue weighted by atomic mass is 10.1. The van der Waals surface area contributed by atoms with Gasteiger partial charge in [0.15, 0.2) is 34.3 Å². The maximum Gasteiger partial charge on any atom is 0.319 e. The summed E-state index contributed by atoms with van der Waals surface area (Å²) in [7, 11) is -7.53. The van der Waals surface area contributed by atoms with E-state index in [4.69, 9.17) is 33.6 Å². The Hall–Kier alpha value is -1.70. The zero-order valence-electron chi connectivity index (χ0n) is 25.3. The Morgan fingerprint density at radius 3 is 2.20 bits per heavy atom. The summed E-state index contributed by atoms with van der Waals surface area (Å²) >= 11 is 0. The normalized spacial score (nSPS) is 23.4. The maximum absolute atomic E-state index is 12.5. The van der Waals surface area contributed by atoms with Crippen LogP contribution >= 0.6 is 8.25 Å². The molecule has 3 heterocycles. The highest BCUT2D eigenvalue weighted by Crippen LogP contribution is 2.46. The minimum Gasteiger partial charge on any atom is -0.408 e. The lowest BCUT2D eigenvalue weighted by Crippen LogP contribution is -2.54. The van der Waals surface area contributed by atoms with Crippen LogP contribution in [0, 0.1) is 11.3 Å². The smallest absolute Gasteiger partial charge is 0.319 e. The molecule has 40 heavy (non-hydrogen) atoms. The van der Waals surface area contributed by atoms with E-state index in [1.54, 1.807) is 10.9 Å². The Labute approximate surface area is 240 Å². The van der Waals surface area contributed by atoms with Crippen molar-refractivity contribution in [3.63, 3.8) is 0 Å². The second-order valence-corrected chi connectivity index (χ2v) is 23.7. The van der Waals surface area contributed by atoms with Gasteiger partial charge in [0.05, 0.1) is 32.0 Å². The highest BCUT2D eigenvalue weighted by atomic mass is 31.1. The van der Waals surface area contributed by atoms with E-state index in [9.17, 15) is 4.57 Å². The van der Waals surface area contributed by atoms with Crippen molar-refractivity contribution in [3.8, 4) is 6.07 Å². The first kappa shape index (κ1) is 32.8. The first-order valence-corrected chi connectivity index (χ1v) is 20.5. The molecule has 2 aromatic rings. The quantitative estimate of drug-likeness (QED) is 0.196. The topological polar surface area (TPSA) is 157 Å². The molecule has 1 saturated heterocycles. The number of anilines is 1. The molecule has 5 atom stereocenters. The van der Waals surface area contributed by atoms with Crippen LogP contribution in [0.4, 0.5) is 5.82 Å². The minimum atomic E-state index is -2.84. The number of hydrogen-bond donors (Lipinski definition) is 1. The summed E-state index contributed by atoms with van der Waals surface area (Å²) in [5.41, 5.74) is 7.07. The van der Waals surface area contributed by atoms with Crippen LogP contribution in [-0.2, 0) is 27.2 Å². The average Bonchev–Trinajstić information content (AvgIpc) is 3.38. The van der Waals surface area contributed by atoms with Crippen LogP contribution in [0.25, 0.3) is 11.2 Å². The van der Waals surface area contributed by atoms with Gasteiger partial charge in [-0.2, -0.15) is 5.26 Å². The number of aromatic nitrogens is 4. The molecule has 1 aliphatic heterocycles. The molecule has 12 nitrogen and oxygen atoms in total. The number of nitriles is 1. The SMILES string of the molecule is CC(C)(C)[Si](C)(C)OC1C(CO[PH](=O)OCCC#N)OC(n2cnc3c(N)ncnc32)C1O[Si](C)(C)C(C)(C)C. The Bertz CT molecular complexity index is 1240. The summed E-state index contributed by atoms with van der Waals surface area (Å²) in [5, 5.41) is 8.58. The number of hydrogen-bond acceptors (Lipinski definition) is 11. The third-order valence-corrected chi connectivity index (χ3v) is 18.0. The van der Waals surface area contributed by atoms with Crippen LogP contribution in [0.1, 0.15) is 54.2 Å². The van der Waals surface area contributed by atoms with Crippen molar-refractivity contribution in [2.45, 2.75) is 109 Å². The molecular weight excluding hydrogens is 567 g/mol. The molecule has 15 heteroatoms. The number of ether oxygens (including phenoxy) is 1. The van der Waals surface area contributed by atoms with Gasteiger partial charge in [-0.3, -0.25) is 9.13 Å². The maximum atomic E-state index is 12.5. The fraction of sp³-hybridized carbons (Fsp3) is 0.760. The van der Waals surface area contributed by atoms with E-state index in [0.717, 1.165) is 0 Å². The number of nitrogens with two attached hydrogens (primary N) is 1.